The standard InChI is InChI=1S/C10H20N2O4/c1-7(11)3-2-4-9(14)12-6-5-8(13)10(15)16/h7-8,13H,2-6,11H2,1H3,(H,12,14)(H,15,16)/t7?,8-/m0/s1. The van der Waals surface area contributed by atoms with Crippen LogP contribution in [0.4, 0.5) is 0 Å². The van der Waals surface area contributed by atoms with Gasteiger partial charge in [0, 0.05) is 25.4 Å². The molecule has 0 aromatic carbocycles. The zero-order chi connectivity index (χ0) is 12.6. The zero-order valence-electron chi connectivity index (χ0n) is 9.48. The molecular formula is C10H20N2O4. The number of amides is 1. The van der Waals surface area contributed by atoms with E-state index in [1.807, 2.05) is 6.92 Å². The Labute approximate surface area is 94.8 Å². The Kier molecular flexibility index (Phi) is 7.49. The molecular weight excluding hydrogens is 212 g/mol. The number of nitrogens with one attached hydrogen (secondary N) is 1. The molecule has 0 saturated carbocycles. The van der Waals surface area contributed by atoms with E-state index in [2.05, 4.69) is 5.32 Å². The van der Waals surface area contributed by atoms with Gasteiger partial charge in [-0.05, 0) is 19.8 Å². The summed E-state index contributed by atoms with van der Waals surface area (Å²) in [6.07, 6.45) is 0.485. The van der Waals surface area contributed by atoms with E-state index in [1.54, 1.807) is 0 Å². The Bertz CT molecular complexity index is 231. The van der Waals surface area contributed by atoms with Gasteiger partial charge in [0.1, 0.15) is 0 Å². The van der Waals surface area contributed by atoms with Crippen molar-refractivity contribution < 1.29 is 19.8 Å². The molecule has 0 radical (unpaired) electrons. The first-order chi connectivity index (χ1) is 7.43. The maximum Gasteiger partial charge on any atom is 0.332 e. The van der Waals surface area contributed by atoms with Crippen LogP contribution in [0, 0.1) is 0 Å². The molecule has 2 atom stereocenters. The number of carboxylic acids is 1. The topological polar surface area (TPSA) is 113 Å². The van der Waals surface area contributed by atoms with Crippen molar-refractivity contribution in [1.82, 2.24) is 5.32 Å². The predicted molar refractivity (Wildman–Crippen MR) is 58.8 cm³/mol. The number of aliphatic hydroxyl groups is 1. The summed E-state index contributed by atoms with van der Waals surface area (Å²) < 4.78 is 0. The van der Waals surface area contributed by atoms with E-state index in [0.29, 0.717) is 12.8 Å². The summed E-state index contributed by atoms with van der Waals surface area (Å²) in [5.41, 5.74) is 5.52. The van der Waals surface area contributed by atoms with Crippen LogP contribution in [-0.2, 0) is 9.59 Å². The molecule has 94 valence electrons. The van der Waals surface area contributed by atoms with Gasteiger partial charge in [-0.2, -0.15) is 0 Å². The zero-order valence-corrected chi connectivity index (χ0v) is 9.48. The lowest BCUT2D eigenvalue weighted by atomic mass is 10.1. The number of carboxylic acid groups (broad SMARTS) is 1. The Hall–Kier alpha value is -1.14. The van der Waals surface area contributed by atoms with Gasteiger partial charge in [-0.25, -0.2) is 4.79 Å². The normalized spacial score (nSPS) is 14.2. The number of nitrogens with two attached hydrogens (primary N) is 1. The first-order valence-electron chi connectivity index (χ1n) is 5.36. The fourth-order valence-corrected chi connectivity index (χ4v) is 1.14. The number of hydrogen-bond donors (Lipinski definition) is 4. The Morgan fingerprint density at radius 1 is 1.38 bits per heavy atom. The van der Waals surface area contributed by atoms with Gasteiger partial charge in [0.15, 0.2) is 6.10 Å². The van der Waals surface area contributed by atoms with E-state index >= 15 is 0 Å². The molecule has 0 aromatic rings. The second-order valence-electron chi connectivity index (χ2n) is 3.86. The molecule has 5 N–H and O–H groups in total. The van der Waals surface area contributed by atoms with Crippen LogP contribution in [-0.4, -0.2) is 40.8 Å². The Morgan fingerprint density at radius 3 is 2.50 bits per heavy atom. The summed E-state index contributed by atoms with van der Waals surface area (Å²) in [5.74, 6) is -1.41. The van der Waals surface area contributed by atoms with Crippen LogP contribution in [0.2, 0.25) is 0 Å². The molecule has 16 heavy (non-hydrogen) atoms. The van der Waals surface area contributed by atoms with Crippen LogP contribution < -0.4 is 11.1 Å². The molecule has 0 aliphatic rings. The molecule has 6 heteroatoms. The molecule has 6 nitrogen and oxygen atoms in total. The van der Waals surface area contributed by atoms with Crippen molar-refractivity contribution in [3.05, 3.63) is 0 Å². The van der Waals surface area contributed by atoms with E-state index in [0.717, 1.165) is 6.42 Å². The van der Waals surface area contributed by atoms with Crippen molar-refractivity contribution in [3.8, 4) is 0 Å². The smallest absolute Gasteiger partial charge is 0.332 e. The molecule has 0 heterocycles. The second-order valence-corrected chi connectivity index (χ2v) is 3.86. The van der Waals surface area contributed by atoms with Crippen LogP contribution in [0.1, 0.15) is 32.6 Å². The number of rotatable bonds is 8. The average molecular weight is 232 g/mol. The highest BCUT2D eigenvalue weighted by molar-refractivity contribution is 5.76. The van der Waals surface area contributed by atoms with Gasteiger partial charge in [0.25, 0.3) is 0 Å². The van der Waals surface area contributed by atoms with E-state index in [9.17, 15) is 9.59 Å². The quantitative estimate of drug-likeness (QED) is 0.449. The highest BCUT2D eigenvalue weighted by atomic mass is 16.4. The largest absolute Gasteiger partial charge is 0.479 e. The molecule has 0 fully saturated rings. The SMILES string of the molecule is CC(N)CCCC(=O)NCC[C@H](O)C(=O)O. The summed E-state index contributed by atoms with van der Waals surface area (Å²) in [6.45, 7) is 2.05. The molecule has 0 aliphatic heterocycles. The van der Waals surface area contributed by atoms with Gasteiger partial charge < -0.3 is 21.3 Å². The summed E-state index contributed by atoms with van der Waals surface area (Å²) in [7, 11) is 0. The van der Waals surface area contributed by atoms with Gasteiger partial charge in [0.2, 0.25) is 5.91 Å². The lowest BCUT2D eigenvalue weighted by molar-refractivity contribution is -0.147. The lowest BCUT2D eigenvalue weighted by Gasteiger charge is -2.08. The third kappa shape index (κ3) is 8.19. The van der Waals surface area contributed by atoms with Crippen molar-refractivity contribution in [3.63, 3.8) is 0 Å². The summed E-state index contributed by atoms with van der Waals surface area (Å²) >= 11 is 0. The second kappa shape index (κ2) is 8.06. The van der Waals surface area contributed by atoms with Crippen molar-refractivity contribution in [2.45, 2.75) is 44.8 Å². The Balaban J connectivity index is 3.47. The fraction of sp³-hybridized carbons (Fsp3) is 0.800. The van der Waals surface area contributed by atoms with Crippen LogP contribution in [0.25, 0.3) is 0 Å². The maximum atomic E-state index is 11.2. The van der Waals surface area contributed by atoms with E-state index in [1.165, 1.54) is 0 Å². The van der Waals surface area contributed by atoms with Crippen LogP contribution in [0.15, 0.2) is 0 Å². The highest BCUT2D eigenvalue weighted by Gasteiger charge is 2.12. The molecule has 0 bridgehead atoms. The molecule has 0 aromatic heterocycles. The minimum absolute atomic E-state index is 0.0222. The van der Waals surface area contributed by atoms with Crippen LogP contribution in [0.3, 0.4) is 0 Å². The molecule has 0 spiro atoms. The van der Waals surface area contributed by atoms with Crippen molar-refractivity contribution in [2.24, 2.45) is 5.73 Å². The highest BCUT2D eigenvalue weighted by Crippen LogP contribution is 1.98. The first-order valence-corrected chi connectivity index (χ1v) is 5.36. The number of hydrogen-bond acceptors (Lipinski definition) is 4. The maximum absolute atomic E-state index is 11.2. The minimum Gasteiger partial charge on any atom is -0.479 e. The van der Waals surface area contributed by atoms with Gasteiger partial charge in [-0.1, -0.05) is 0 Å². The molecule has 1 amide bonds. The first kappa shape index (κ1) is 14.9. The van der Waals surface area contributed by atoms with Crippen LogP contribution >= 0.6 is 0 Å². The number of aliphatic hydroxyl groups excluding tert-OH is 1. The summed E-state index contributed by atoms with van der Waals surface area (Å²) in [6, 6.07) is 0.0848. The van der Waals surface area contributed by atoms with Crippen molar-refractivity contribution in [2.75, 3.05) is 6.54 Å². The van der Waals surface area contributed by atoms with E-state index < -0.39 is 12.1 Å². The van der Waals surface area contributed by atoms with Crippen molar-refractivity contribution in [1.29, 1.82) is 0 Å². The minimum atomic E-state index is -1.41. The molecule has 0 saturated heterocycles. The van der Waals surface area contributed by atoms with Gasteiger partial charge >= 0.3 is 5.97 Å². The monoisotopic (exact) mass is 232 g/mol. The third-order valence-corrected chi connectivity index (χ3v) is 2.09. The summed E-state index contributed by atoms with van der Waals surface area (Å²) in [4.78, 5) is 21.4. The third-order valence-electron chi connectivity index (χ3n) is 2.09. The summed E-state index contributed by atoms with van der Waals surface area (Å²) in [5, 5.41) is 19.8. The average Bonchev–Trinajstić information content (AvgIpc) is 2.16. The number of carbonyl (C=O) groups is 2. The number of carbonyl (C=O) groups excluding carboxylic acids is 1. The molecule has 0 rings (SSSR count). The van der Waals surface area contributed by atoms with E-state index in [4.69, 9.17) is 15.9 Å². The Morgan fingerprint density at radius 2 is 2.00 bits per heavy atom. The van der Waals surface area contributed by atoms with Crippen LogP contribution in [0.5, 0.6) is 0 Å². The lowest BCUT2D eigenvalue weighted by Crippen LogP contribution is -2.30. The predicted octanol–water partition coefficient (Wildman–Crippen LogP) is -0.544. The van der Waals surface area contributed by atoms with Gasteiger partial charge in [-0.3, -0.25) is 4.79 Å². The molecule has 1 unspecified atom stereocenters. The van der Waals surface area contributed by atoms with Crippen molar-refractivity contribution >= 4 is 11.9 Å². The van der Waals surface area contributed by atoms with E-state index in [-0.39, 0.29) is 24.9 Å². The number of aliphatic carboxylic acids is 1. The van der Waals surface area contributed by atoms with Gasteiger partial charge in [0.05, 0.1) is 0 Å². The fourth-order valence-electron chi connectivity index (χ4n) is 1.14. The molecule has 0 aliphatic carbocycles. The van der Waals surface area contributed by atoms with Gasteiger partial charge in [-0.15, -0.1) is 0 Å².